The zero-order valence-electron chi connectivity index (χ0n) is 10.9. The van der Waals surface area contributed by atoms with Gasteiger partial charge >= 0.3 is 5.69 Å². The average molecular weight is 268 g/mol. The van der Waals surface area contributed by atoms with E-state index in [9.17, 15) is 9.59 Å². The van der Waals surface area contributed by atoms with Crippen LogP contribution in [-0.4, -0.2) is 24.9 Å². The van der Waals surface area contributed by atoms with Crippen LogP contribution in [0.25, 0.3) is 11.2 Å². The lowest BCUT2D eigenvalue weighted by atomic mass is 10.4. The normalized spacial score (nSPS) is 11.3. The molecule has 0 unspecified atom stereocenters. The summed E-state index contributed by atoms with van der Waals surface area (Å²) in [6.45, 7) is 2.55. The van der Waals surface area contributed by atoms with Gasteiger partial charge < -0.3 is 4.57 Å². The van der Waals surface area contributed by atoms with E-state index in [1.54, 1.807) is 16.2 Å². The van der Waals surface area contributed by atoms with E-state index in [0.717, 1.165) is 16.1 Å². The Morgan fingerprint density at radius 1 is 1.22 bits per heavy atom. The Hall–Kier alpha value is -1.50. The second-order valence-electron chi connectivity index (χ2n) is 4.13. The topological polar surface area (TPSA) is 61.8 Å². The van der Waals surface area contributed by atoms with E-state index in [0.29, 0.717) is 17.7 Å². The maximum absolute atomic E-state index is 12.1. The Bertz CT molecular complexity index is 710. The number of fused-ring (bicyclic) bond motifs is 1. The fourth-order valence-corrected chi connectivity index (χ4v) is 2.56. The largest absolute Gasteiger partial charge is 0.332 e. The average Bonchev–Trinajstić information content (AvgIpc) is 2.69. The molecule has 0 fully saturated rings. The lowest BCUT2D eigenvalue weighted by Gasteiger charge is -2.07. The third-order valence-corrected chi connectivity index (χ3v) is 3.68. The number of thioether (sulfide) groups is 1. The van der Waals surface area contributed by atoms with Gasteiger partial charge in [0.25, 0.3) is 5.56 Å². The molecule has 6 nitrogen and oxygen atoms in total. The maximum Gasteiger partial charge on any atom is 0.332 e. The van der Waals surface area contributed by atoms with Crippen LogP contribution in [0.1, 0.15) is 13.3 Å². The first kappa shape index (κ1) is 12.9. The van der Waals surface area contributed by atoms with Gasteiger partial charge in [-0.3, -0.25) is 13.9 Å². The van der Waals surface area contributed by atoms with Crippen LogP contribution in [0.5, 0.6) is 0 Å². The summed E-state index contributed by atoms with van der Waals surface area (Å²) in [6, 6.07) is 0. The Labute approximate surface area is 108 Å². The highest BCUT2D eigenvalue weighted by molar-refractivity contribution is 7.98. The summed E-state index contributed by atoms with van der Waals surface area (Å²) < 4.78 is 4.45. The molecule has 0 bridgehead atoms. The minimum absolute atomic E-state index is 0.294. The van der Waals surface area contributed by atoms with E-state index in [2.05, 4.69) is 4.98 Å². The molecule has 0 aliphatic heterocycles. The molecule has 18 heavy (non-hydrogen) atoms. The molecule has 2 aromatic heterocycles. The first-order valence-electron chi connectivity index (χ1n) is 5.73. The van der Waals surface area contributed by atoms with Crippen LogP contribution in [-0.2, 0) is 20.6 Å². The number of hydrogen-bond acceptors (Lipinski definition) is 4. The molecular weight excluding hydrogens is 252 g/mol. The van der Waals surface area contributed by atoms with E-state index in [-0.39, 0.29) is 11.2 Å². The highest BCUT2D eigenvalue weighted by Gasteiger charge is 2.17. The third kappa shape index (κ3) is 1.69. The molecule has 0 saturated heterocycles. The van der Waals surface area contributed by atoms with E-state index >= 15 is 0 Å². The summed E-state index contributed by atoms with van der Waals surface area (Å²) in [5.41, 5.74) is 0.365. The summed E-state index contributed by atoms with van der Waals surface area (Å²) in [5, 5.41) is 0.734. The quantitative estimate of drug-likeness (QED) is 0.763. The molecule has 0 aromatic carbocycles. The van der Waals surface area contributed by atoms with E-state index in [4.69, 9.17) is 0 Å². The van der Waals surface area contributed by atoms with Crippen LogP contribution in [0.15, 0.2) is 14.7 Å². The number of aryl methyl sites for hydroxylation is 2. The molecule has 0 amide bonds. The third-order valence-electron chi connectivity index (χ3n) is 2.95. The van der Waals surface area contributed by atoms with Crippen molar-refractivity contribution in [2.75, 3.05) is 6.26 Å². The first-order valence-corrected chi connectivity index (χ1v) is 6.95. The van der Waals surface area contributed by atoms with Crippen molar-refractivity contribution in [1.29, 1.82) is 0 Å². The van der Waals surface area contributed by atoms with Crippen molar-refractivity contribution in [2.45, 2.75) is 25.0 Å². The van der Waals surface area contributed by atoms with Crippen molar-refractivity contribution in [1.82, 2.24) is 18.7 Å². The lowest BCUT2D eigenvalue weighted by Crippen LogP contribution is -2.38. The van der Waals surface area contributed by atoms with Gasteiger partial charge in [-0.2, -0.15) is 0 Å². The first-order chi connectivity index (χ1) is 8.52. The van der Waals surface area contributed by atoms with Gasteiger partial charge in [-0.05, 0) is 12.7 Å². The van der Waals surface area contributed by atoms with Crippen LogP contribution >= 0.6 is 11.8 Å². The minimum atomic E-state index is -0.305. The van der Waals surface area contributed by atoms with Crippen molar-refractivity contribution in [3.05, 3.63) is 20.8 Å². The number of aromatic nitrogens is 4. The number of nitrogens with zero attached hydrogens (tertiary/aromatic N) is 4. The summed E-state index contributed by atoms with van der Waals surface area (Å²) in [6.07, 6.45) is 2.71. The molecule has 2 rings (SSSR count). The Kier molecular flexibility index (Phi) is 3.34. The molecule has 0 saturated carbocycles. The highest BCUT2D eigenvalue weighted by atomic mass is 32.2. The van der Waals surface area contributed by atoms with E-state index < -0.39 is 0 Å². The Balaban J connectivity index is 3.00. The highest BCUT2D eigenvalue weighted by Crippen LogP contribution is 2.17. The van der Waals surface area contributed by atoms with Crippen molar-refractivity contribution < 1.29 is 0 Å². The molecule has 0 aliphatic rings. The molecular formula is C11H16N4O2S. The summed E-state index contributed by atoms with van der Waals surface area (Å²) >= 11 is 1.46. The van der Waals surface area contributed by atoms with Gasteiger partial charge in [-0.1, -0.05) is 18.7 Å². The maximum atomic E-state index is 12.1. The van der Waals surface area contributed by atoms with Gasteiger partial charge in [0.1, 0.15) is 0 Å². The SMILES string of the molecule is CCCn1c(=O)n(C)c(=O)c2c1nc(SC)n2C. The number of rotatable bonds is 3. The molecule has 0 atom stereocenters. The standard InChI is InChI=1S/C11H16N4O2S/c1-5-6-15-8-7(9(16)14(3)11(15)17)13(2)10(12-8)18-4/h5-6H2,1-4H3. The molecule has 0 spiro atoms. The zero-order chi connectivity index (χ0) is 13.4. The predicted octanol–water partition coefficient (Wildman–Crippen LogP) is 0.566. The minimum Gasteiger partial charge on any atom is -0.316 e. The Morgan fingerprint density at radius 2 is 1.89 bits per heavy atom. The number of imidazole rings is 1. The molecule has 0 N–H and O–H groups in total. The van der Waals surface area contributed by atoms with Crippen LogP contribution in [0.4, 0.5) is 0 Å². The van der Waals surface area contributed by atoms with Crippen LogP contribution in [0.3, 0.4) is 0 Å². The lowest BCUT2D eigenvalue weighted by molar-refractivity contribution is 0.610. The van der Waals surface area contributed by atoms with E-state index in [1.165, 1.54) is 18.8 Å². The molecule has 2 aromatic rings. The monoisotopic (exact) mass is 268 g/mol. The van der Waals surface area contributed by atoms with Gasteiger partial charge in [-0.25, -0.2) is 9.78 Å². The second-order valence-corrected chi connectivity index (χ2v) is 4.90. The van der Waals surface area contributed by atoms with Gasteiger partial charge in [-0.15, -0.1) is 0 Å². The molecule has 2 heterocycles. The smallest absolute Gasteiger partial charge is 0.316 e. The summed E-state index contributed by atoms with van der Waals surface area (Å²) in [5.74, 6) is 0. The molecule has 0 radical (unpaired) electrons. The summed E-state index contributed by atoms with van der Waals surface area (Å²) in [4.78, 5) is 28.6. The van der Waals surface area contributed by atoms with Crippen molar-refractivity contribution >= 4 is 22.9 Å². The van der Waals surface area contributed by atoms with Crippen molar-refractivity contribution in [3.8, 4) is 0 Å². The van der Waals surface area contributed by atoms with Crippen LogP contribution in [0, 0.1) is 0 Å². The van der Waals surface area contributed by atoms with E-state index in [1.807, 2.05) is 13.2 Å². The van der Waals surface area contributed by atoms with Gasteiger partial charge in [0.15, 0.2) is 16.3 Å². The fraction of sp³-hybridized carbons (Fsp3) is 0.545. The predicted molar refractivity (Wildman–Crippen MR) is 72.3 cm³/mol. The molecule has 98 valence electrons. The fourth-order valence-electron chi connectivity index (χ4n) is 2.02. The summed E-state index contributed by atoms with van der Waals surface area (Å²) in [7, 11) is 3.30. The molecule has 7 heteroatoms. The van der Waals surface area contributed by atoms with Crippen LogP contribution in [0.2, 0.25) is 0 Å². The van der Waals surface area contributed by atoms with Crippen molar-refractivity contribution in [2.24, 2.45) is 14.1 Å². The number of hydrogen-bond donors (Lipinski definition) is 0. The zero-order valence-corrected chi connectivity index (χ0v) is 11.7. The second kappa shape index (κ2) is 4.64. The molecule has 0 aliphatic carbocycles. The van der Waals surface area contributed by atoms with Gasteiger partial charge in [0.2, 0.25) is 0 Å². The Morgan fingerprint density at radius 3 is 2.44 bits per heavy atom. The van der Waals surface area contributed by atoms with Gasteiger partial charge in [0.05, 0.1) is 0 Å². The van der Waals surface area contributed by atoms with Crippen LogP contribution < -0.4 is 11.2 Å². The van der Waals surface area contributed by atoms with Crippen molar-refractivity contribution in [3.63, 3.8) is 0 Å². The van der Waals surface area contributed by atoms with Gasteiger partial charge in [0, 0.05) is 20.6 Å².